The second-order valence-corrected chi connectivity index (χ2v) is 9.81. The number of methoxy groups -OCH3 is 2. The molecule has 1 saturated heterocycles. The van der Waals surface area contributed by atoms with Crippen LogP contribution in [-0.4, -0.2) is 48.0 Å². The molecule has 0 bridgehead atoms. The summed E-state index contributed by atoms with van der Waals surface area (Å²) in [6.45, 7) is 1.21. The molecule has 2 aromatic carbocycles. The first-order valence-electron chi connectivity index (χ1n) is 11.1. The van der Waals surface area contributed by atoms with E-state index in [2.05, 4.69) is 0 Å². The van der Waals surface area contributed by atoms with Gasteiger partial charge in [-0.1, -0.05) is 29.3 Å². The number of nitro groups is 1. The summed E-state index contributed by atoms with van der Waals surface area (Å²) >= 11 is 13.8. The third-order valence-corrected chi connectivity index (χ3v) is 7.75. The number of piperidine rings is 1. The van der Waals surface area contributed by atoms with Crippen molar-refractivity contribution in [3.63, 3.8) is 0 Å². The largest absolute Gasteiger partial charge is 0.493 e. The van der Waals surface area contributed by atoms with Gasteiger partial charge < -0.3 is 14.4 Å². The second kappa shape index (κ2) is 11.3. The van der Waals surface area contributed by atoms with Crippen LogP contribution in [0.25, 0.3) is 17.3 Å². The van der Waals surface area contributed by atoms with Crippen LogP contribution in [0.5, 0.6) is 11.5 Å². The van der Waals surface area contributed by atoms with E-state index in [1.54, 1.807) is 29.2 Å². The van der Waals surface area contributed by atoms with E-state index in [9.17, 15) is 14.9 Å². The van der Waals surface area contributed by atoms with Gasteiger partial charge in [0.05, 0.1) is 34.9 Å². The molecule has 1 fully saturated rings. The maximum absolute atomic E-state index is 12.8. The number of carbonyl (C=O) groups excluding carboxylic acids is 1. The Morgan fingerprint density at radius 2 is 1.94 bits per heavy atom. The van der Waals surface area contributed by atoms with Gasteiger partial charge in [-0.25, -0.2) is 4.98 Å². The van der Waals surface area contributed by atoms with Crippen molar-refractivity contribution in [1.82, 2.24) is 9.88 Å². The summed E-state index contributed by atoms with van der Waals surface area (Å²) in [6, 6.07) is 8.20. The highest BCUT2D eigenvalue weighted by Crippen LogP contribution is 2.38. The van der Waals surface area contributed by atoms with Gasteiger partial charge in [0.15, 0.2) is 11.5 Å². The number of aromatic nitrogens is 1. The summed E-state index contributed by atoms with van der Waals surface area (Å²) < 4.78 is 10.5. The maximum atomic E-state index is 12.8. The van der Waals surface area contributed by atoms with Gasteiger partial charge in [0.2, 0.25) is 5.91 Å². The van der Waals surface area contributed by atoms with Crippen molar-refractivity contribution in [2.24, 2.45) is 0 Å². The minimum atomic E-state index is -0.501. The Balaban J connectivity index is 1.39. The van der Waals surface area contributed by atoms with Gasteiger partial charge in [-0.15, -0.1) is 11.3 Å². The third-order valence-electron chi connectivity index (χ3n) is 6.04. The van der Waals surface area contributed by atoms with Crippen molar-refractivity contribution in [2.45, 2.75) is 18.8 Å². The van der Waals surface area contributed by atoms with E-state index in [0.29, 0.717) is 46.4 Å². The summed E-state index contributed by atoms with van der Waals surface area (Å²) in [5.74, 6) is 1.07. The van der Waals surface area contributed by atoms with E-state index in [-0.39, 0.29) is 22.5 Å². The molecule has 188 valence electrons. The lowest BCUT2D eigenvalue weighted by molar-refractivity contribution is -0.384. The van der Waals surface area contributed by atoms with Crippen LogP contribution in [0.15, 0.2) is 41.8 Å². The van der Waals surface area contributed by atoms with Gasteiger partial charge in [0, 0.05) is 42.1 Å². The van der Waals surface area contributed by atoms with Gasteiger partial charge in [-0.05, 0) is 42.7 Å². The fraction of sp³-hybridized carbons (Fsp3) is 0.280. The summed E-state index contributed by atoms with van der Waals surface area (Å²) in [5, 5.41) is 14.5. The predicted octanol–water partition coefficient (Wildman–Crippen LogP) is 6.46. The molecule has 1 aliphatic heterocycles. The Bertz CT molecular complexity index is 1320. The number of ether oxygens (including phenoxy) is 2. The Morgan fingerprint density at radius 1 is 1.19 bits per heavy atom. The first kappa shape index (κ1) is 25.9. The molecule has 1 amide bonds. The maximum Gasteiger partial charge on any atom is 0.288 e. The zero-order valence-electron chi connectivity index (χ0n) is 19.6. The topological polar surface area (TPSA) is 94.8 Å². The molecule has 2 heterocycles. The van der Waals surface area contributed by atoms with Gasteiger partial charge in [-0.3, -0.25) is 14.9 Å². The van der Waals surface area contributed by atoms with Gasteiger partial charge in [-0.2, -0.15) is 0 Å². The Labute approximate surface area is 222 Å². The molecule has 0 spiro atoms. The lowest BCUT2D eigenvalue weighted by Crippen LogP contribution is -2.36. The van der Waals surface area contributed by atoms with E-state index in [4.69, 9.17) is 37.7 Å². The van der Waals surface area contributed by atoms with Crippen molar-refractivity contribution < 1.29 is 19.2 Å². The molecule has 0 saturated carbocycles. The molecule has 1 aliphatic rings. The molecule has 0 N–H and O–H groups in total. The van der Waals surface area contributed by atoms with E-state index in [0.717, 1.165) is 17.8 Å². The lowest BCUT2D eigenvalue weighted by atomic mass is 9.97. The molecule has 1 aromatic heterocycles. The van der Waals surface area contributed by atoms with Crippen molar-refractivity contribution in [3.8, 4) is 22.8 Å². The van der Waals surface area contributed by atoms with Crippen LogP contribution in [0.1, 0.15) is 29.3 Å². The first-order valence-corrected chi connectivity index (χ1v) is 12.7. The number of rotatable bonds is 7. The van der Waals surface area contributed by atoms with Crippen LogP contribution in [0.3, 0.4) is 0 Å². The highest BCUT2D eigenvalue weighted by molar-refractivity contribution is 7.10. The van der Waals surface area contributed by atoms with Crippen molar-refractivity contribution in [1.29, 1.82) is 0 Å². The van der Waals surface area contributed by atoms with E-state index in [1.807, 2.05) is 5.38 Å². The average Bonchev–Trinajstić information content (AvgIpc) is 3.38. The number of carbonyl (C=O) groups is 1. The van der Waals surface area contributed by atoms with Gasteiger partial charge >= 0.3 is 0 Å². The van der Waals surface area contributed by atoms with Crippen LogP contribution < -0.4 is 9.47 Å². The highest BCUT2D eigenvalue weighted by atomic mass is 35.5. The quantitative estimate of drug-likeness (QED) is 0.191. The first-order chi connectivity index (χ1) is 17.3. The number of hydrogen-bond acceptors (Lipinski definition) is 7. The number of hydrogen-bond donors (Lipinski definition) is 0. The number of nitrogens with zero attached hydrogens (tertiary/aromatic N) is 3. The van der Waals surface area contributed by atoms with Crippen LogP contribution in [0.2, 0.25) is 10.0 Å². The van der Waals surface area contributed by atoms with Gasteiger partial charge in [0.25, 0.3) is 5.69 Å². The number of thiazole rings is 1. The number of amides is 1. The molecule has 0 aliphatic carbocycles. The van der Waals surface area contributed by atoms with Crippen LogP contribution in [0.4, 0.5) is 5.69 Å². The third kappa shape index (κ3) is 5.48. The fourth-order valence-electron chi connectivity index (χ4n) is 4.07. The number of likely N-dealkylation sites (tertiary alicyclic amines) is 1. The molecule has 0 atom stereocenters. The normalized spacial score (nSPS) is 14.3. The zero-order chi connectivity index (χ0) is 25.8. The molecule has 4 rings (SSSR count). The highest BCUT2D eigenvalue weighted by Gasteiger charge is 2.25. The van der Waals surface area contributed by atoms with Crippen molar-refractivity contribution >= 4 is 52.2 Å². The zero-order valence-corrected chi connectivity index (χ0v) is 21.9. The molecule has 36 heavy (non-hydrogen) atoms. The predicted molar refractivity (Wildman–Crippen MR) is 141 cm³/mol. The molecule has 0 radical (unpaired) electrons. The molecule has 0 unspecified atom stereocenters. The lowest BCUT2D eigenvalue weighted by Gasteiger charge is -2.30. The smallest absolute Gasteiger partial charge is 0.288 e. The summed E-state index contributed by atoms with van der Waals surface area (Å²) in [7, 11) is 3.05. The molecular formula is C25H23Cl2N3O5S. The average molecular weight is 548 g/mol. The van der Waals surface area contributed by atoms with Crippen molar-refractivity contribution in [3.05, 3.63) is 72.5 Å². The Kier molecular flexibility index (Phi) is 8.13. The van der Waals surface area contributed by atoms with Crippen LogP contribution in [0, 0.1) is 10.1 Å². The second-order valence-electron chi connectivity index (χ2n) is 8.13. The van der Waals surface area contributed by atoms with Crippen molar-refractivity contribution in [2.75, 3.05) is 27.3 Å². The summed E-state index contributed by atoms with van der Waals surface area (Å²) in [6.07, 6.45) is 4.76. The number of halogens is 2. The molecule has 3 aromatic rings. The van der Waals surface area contributed by atoms with Gasteiger partial charge in [0.1, 0.15) is 5.02 Å². The Hall–Kier alpha value is -3.14. The minimum absolute atomic E-state index is 0.0902. The summed E-state index contributed by atoms with van der Waals surface area (Å²) in [5.41, 5.74) is 1.86. The standard InChI is InChI=1S/C25H23Cl2N3O5S/c1-34-21-7-4-15(23(27)24(21)35-2)5-8-22(31)29-11-9-16(10-12-29)25-28-19(14-36-25)17-3-6-18(26)20(13-17)30(32)33/h3-8,13-14,16H,9-12H2,1-2H3/b8-5+. The minimum Gasteiger partial charge on any atom is -0.493 e. The molecular weight excluding hydrogens is 525 g/mol. The van der Waals surface area contributed by atoms with Crippen LogP contribution in [-0.2, 0) is 4.79 Å². The molecule has 11 heteroatoms. The SMILES string of the molecule is COc1ccc(/C=C/C(=O)N2CCC(c3nc(-c4ccc(Cl)c([N+](=O)[O-])c4)cs3)CC2)c(Cl)c1OC. The van der Waals surface area contributed by atoms with Crippen LogP contribution >= 0.6 is 34.5 Å². The fourth-order valence-corrected chi connectivity index (χ4v) is 5.55. The van der Waals surface area contributed by atoms with E-state index >= 15 is 0 Å². The monoisotopic (exact) mass is 547 g/mol. The summed E-state index contributed by atoms with van der Waals surface area (Å²) in [4.78, 5) is 30.0. The van der Waals surface area contributed by atoms with E-state index in [1.165, 1.54) is 43.8 Å². The molecule has 8 nitrogen and oxygen atoms in total. The number of benzene rings is 2. The van der Waals surface area contributed by atoms with E-state index < -0.39 is 4.92 Å². The Morgan fingerprint density at radius 3 is 2.61 bits per heavy atom. The number of nitro benzene ring substituents is 1.